The molecule has 2 aliphatic heterocycles. The highest BCUT2D eigenvalue weighted by Gasteiger charge is 2.73. The maximum Gasteiger partial charge on any atom is 0.412 e. The van der Waals surface area contributed by atoms with Gasteiger partial charge >= 0.3 is 12.1 Å². The first-order valence-electron chi connectivity index (χ1n) is 13.6. The van der Waals surface area contributed by atoms with Crippen LogP contribution in [0.5, 0.6) is 0 Å². The summed E-state index contributed by atoms with van der Waals surface area (Å²) in [6.07, 6.45) is 1.17. The minimum Gasteiger partial charge on any atom is -0.460 e. The van der Waals surface area contributed by atoms with E-state index in [0.717, 1.165) is 19.3 Å². The van der Waals surface area contributed by atoms with Crippen molar-refractivity contribution in [2.24, 2.45) is 11.8 Å². The number of carbonyl (C=O) groups excluding carboxylic acids is 2. The number of rotatable bonds is 5. The smallest absolute Gasteiger partial charge is 0.412 e. The van der Waals surface area contributed by atoms with E-state index in [1.54, 1.807) is 13.8 Å². The lowest BCUT2D eigenvalue weighted by molar-refractivity contribution is -0.312. The molecule has 6 atom stereocenters. The Hall–Kier alpha value is -2.90. The first-order valence-corrected chi connectivity index (χ1v) is 13.6. The standard InChI is InChI=1S/C31H39NO6/c1-20-17-18-23(29(2,3)21-13-9-7-10-14-21)24(19-20)36-27(33)31(22-15-11-8-12-16-22)25-26(38-31)37-30(4,5)32(25)28(34)35-6/h7-16,20,23-26H,17-19H2,1-6H3/t20-,23-,24-,25-,26-,31-/m1/s1. The van der Waals surface area contributed by atoms with Crippen molar-refractivity contribution in [3.8, 4) is 0 Å². The highest BCUT2D eigenvalue weighted by molar-refractivity contribution is 5.86. The summed E-state index contributed by atoms with van der Waals surface area (Å²) >= 11 is 0. The lowest BCUT2D eigenvalue weighted by Gasteiger charge is -2.51. The number of fused-ring (bicyclic) bond motifs is 1. The third-order valence-electron chi connectivity index (χ3n) is 8.87. The molecule has 0 aromatic heterocycles. The minimum atomic E-state index is -1.52. The van der Waals surface area contributed by atoms with Crippen LogP contribution in [0, 0.1) is 11.8 Å². The lowest BCUT2D eigenvalue weighted by Crippen LogP contribution is -2.70. The molecular formula is C31H39NO6. The van der Waals surface area contributed by atoms with Crippen LogP contribution in [0.4, 0.5) is 4.79 Å². The van der Waals surface area contributed by atoms with Gasteiger partial charge in [0.25, 0.3) is 0 Å². The number of ether oxygens (including phenoxy) is 4. The predicted molar refractivity (Wildman–Crippen MR) is 142 cm³/mol. The second-order valence-electron chi connectivity index (χ2n) is 12.0. The van der Waals surface area contributed by atoms with Crippen LogP contribution < -0.4 is 0 Å². The van der Waals surface area contributed by atoms with Crippen LogP contribution in [0.15, 0.2) is 60.7 Å². The quantitative estimate of drug-likeness (QED) is 0.465. The third-order valence-corrected chi connectivity index (χ3v) is 8.87. The summed E-state index contributed by atoms with van der Waals surface area (Å²) < 4.78 is 23.9. The third kappa shape index (κ3) is 4.20. The van der Waals surface area contributed by atoms with Gasteiger partial charge in [-0.3, -0.25) is 4.90 Å². The number of methoxy groups -OCH3 is 1. The van der Waals surface area contributed by atoms with Gasteiger partial charge in [-0.2, -0.15) is 0 Å². The van der Waals surface area contributed by atoms with E-state index in [4.69, 9.17) is 18.9 Å². The second-order valence-corrected chi connectivity index (χ2v) is 12.0. The molecule has 1 amide bonds. The molecule has 7 heteroatoms. The van der Waals surface area contributed by atoms with Crippen LogP contribution in [-0.2, 0) is 34.8 Å². The van der Waals surface area contributed by atoms with Crippen LogP contribution in [0.25, 0.3) is 0 Å². The number of amides is 1. The molecule has 1 aliphatic carbocycles. The second kappa shape index (κ2) is 9.69. The topological polar surface area (TPSA) is 74.3 Å². The van der Waals surface area contributed by atoms with Crippen molar-refractivity contribution in [3.63, 3.8) is 0 Å². The number of nitrogens with zero attached hydrogens (tertiary/aromatic N) is 1. The Labute approximate surface area is 225 Å². The Kier molecular flexibility index (Phi) is 6.81. The fourth-order valence-corrected chi connectivity index (χ4v) is 6.74. The van der Waals surface area contributed by atoms with Crippen LogP contribution >= 0.6 is 0 Å². The zero-order valence-corrected chi connectivity index (χ0v) is 23.2. The molecule has 3 aliphatic rings. The molecule has 2 aromatic carbocycles. The molecule has 0 spiro atoms. The van der Waals surface area contributed by atoms with E-state index in [9.17, 15) is 9.59 Å². The Morgan fingerprint density at radius 2 is 1.61 bits per heavy atom. The molecule has 38 heavy (non-hydrogen) atoms. The van der Waals surface area contributed by atoms with E-state index in [0.29, 0.717) is 11.5 Å². The average Bonchev–Trinajstić information content (AvgIpc) is 3.11. The number of carbonyl (C=O) groups is 2. The molecule has 3 fully saturated rings. The first kappa shape index (κ1) is 26.7. The van der Waals surface area contributed by atoms with E-state index < -0.39 is 35.7 Å². The van der Waals surface area contributed by atoms with Crippen molar-refractivity contribution in [1.82, 2.24) is 4.90 Å². The van der Waals surface area contributed by atoms with Gasteiger partial charge in [-0.05, 0) is 49.1 Å². The van der Waals surface area contributed by atoms with E-state index in [2.05, 4.69) is 45.0 Å². The van der Waals surface area contributed by atoms with E-state index in [-0.39, 0.29) is 17.4 Å². The maximum atomic E-state index is 14.4. The molecule has 0 N–H and O–H groups in total. The summed E-state index contributed by atoms with van der Waals surface area (Å²) in [7, 11) is 1.33. The SMILES string of the molecule is COC(=O)N1[C@@H]2[C@H](OC1(C)C)O[C@]2(C(=O)O[C@@H]1C[C@H](C)CC[C@H]1C(C)(C)c1ccccc1)c1ccccc1. The molecule has 5 rings (SSSR count). The van der Waals surface area contributed by atoms with Gasteiger partial charge in [0, 0.05) is 5.92 Å². The van der Waals surface area contributed by atoms with Crippen molar-refractivity contribution in [2.45, 2.75) is 89.1 Å². The van der Waals surface area contributed by atoms with Crippen molar-refractivity contribution in [2.75, 3.05) is 7.11 Å². The highest BCUT2D eigenvalue weighted by Crippen LogP contribution is 2.54. The maximum absolute atomic E-state index is 14.4. The molecule has 0 radical (unpaired) electrons. The summed E-state index contributed by atoms with van der Waals surface area (Å²) in [6, 6.07) is 19.0. The fourth-order valence-electron chi connectivity index (χ4n) is 6.74. The molecular weight excluding hydrogens is 482 g/mol. The van der Waals surface area contributed by atoms with Gasteiger partial charge in [0.15, 0.2) is 6.29 Å². The Morgan fingerprint density at radius 3 is 2.24 bits per heavy atom. The Morgan fingerprint density at radius 1 is 0.974 bits per heavy atom. The Bertz CT molecular complexity index is 1170. The zero-order chi connectivity index (χ0) is 27.3. The van der Waals surface area contributed by atoms with Crippen LogP contribution in [0.2, 0.25) is 0 Å². The largest absolute Gasteiger partial charge is 0.460 e. The van der Waals surface area contributed by atoms with E-state index >= 15 is 0 Å². The van der Waals surface area contributed by atoms with Crippen LogP contribution in [0.3, 0.4) is 0 Å². The van der Waals surface area contributed by atoms with Crippen LogP contribution in [0.1, 0.15) is 65.0 Å². The van der Waals surface area contributed by atoms with Gasteiger partial charge in [-0.15, -0.1) is 0 Å². The first-order chi connectivity index (χ1) is 18.0. The zero-order valence-electron chi connectivity index (χ0n) is 23.2. The molecule has 2 saturated heterocycles. The molecule has 2 heterocycles. The summed E-state index contributed by atoms with van der Waals surface area (Å²) in [5.74, 6) is 0.0634. The van der Waals surface area contributed by atoms with Gasteiger partial charge in [-0.1, -0.05) is 87.9 Å². The van der Waals surface area contributed by atoms with Crippen molar-refractivity contribution in [1.29, 1.82) is 0 Å². The monoisotopic (exact) mass is 521 g/mol. The van der Waals surface area contributed by atoms with Crippen molar-refractivity contribution < 1.29 is 28.5 Å². The number of benzene rings is 2. The van der Waals surface area contributed by atoms with Crippen LogP contribution in [-0.4, -0.2) is 48.2 Å². The number of esters is 1. The molecule has 2 aromatic rings. The lowest BCUT2D eigenvalue weighted by atomic mass is 9.64. The summed E-state index contributed by atoms with van der Waals surface area (Å²) in [4.78, 5) is 28.8. The minimum absolute atomic E-state index is 0.127. The van der Waals surface area contributed by atoms with E-state index in [1.165, 1.54) is 17.6 Å². The summed E-state index contributed by atoms with van der Waals surface area (Å²) in [6.45, 7) is 10.2. The fraction of sp³-hybridized carbons (Fsp3) is 0.548. The molecule has 1 saturated carbocycles. The van der Waals surface area contributed by atoms with Crippen molar-refractivity contribution in [3.05, 3.63) is 71.8 Å². The number of hydrogen-bond donors (Lipinski definition) is 0. The molecule has 7 nitrogen and oxygen atoms in total. The Balaban J connectivity index is 1.51. The molecule has 204 valence electrons. The van der Waals surface area contributed by atoms with Gasteiger partial charge in [0.2, 0.25) is 5.60 Å². The summed E-state index contributed by atoms with van der Waals surface area (Å²) in [5, 5.41) is 0. The predicted octanol–water partition coefficient (Wildman–Crippen LogP) is 5.77. The number of hydrogen-bond acceptors (Lipinski definition) is 6. The normalized spacial score (nSPS) is 32.2. The molecule has 0 bridgehead atoms. The highest BCUT2D eigenvalue weighted by atomic mass is 16.8. The molecule has 0 unspecified atom stereocenters. The van der Waals surface area contributed by atoms with E-state index in [1.807, 2.05) is 36.4 Å². The van der Waals surface area contributed by atoms with Gasteiger partial charge in [0.1, 0.15) is 17.9 Å². The summed E-state index contributed by atoms with van der Waals surface area (Å²) in [5.41, 5.74) is -0.886. The van der Waals surface area contributed by atoms with Crippen molar-refractivity contribution >= 4 is 12.1 Å². The average molecular weight is 522 g/mol. The van der Waals surface area contributed by atoms with Gasteiger partial charge in [-0.25, -0.2) is 9.59 Å². The van der Waals surface area contributed by atoms with Gasteiger partial charge < -0.3 is 18.9 Å². The van der Waals surface area contributed by atoms with Gasteiger partial charge in [0.05, 0.1) is 7.11 Å².